The second-order valence-corrected chi connectivity index (χ2v) is 8.23. The highest BCUT2D eigenvalue weighted by atomic mass is 19.1. The first-order valence-corrected chi connectivity index (χ1v) is 11.1. The molecule has 1 saturated heterocycles. The number of hydrogen-bond acceptors (Lipinski definition) is 3. The van der Waals surface area contributed by atoms with Crippen LogP contribution >= 0.6 is 0 Å². The minimum Gasteiger partial charge on any atom is -0.368 e. The number of aryl methyl sites for hydroxylation is 1. The predicted octanol–water partition coefficient (Wildman–Crippen LogP) is 4.95. The van der Waals surface area contributed by atoms with Gasteiger partial charge < -0.3 is 9.80 Å². The zero-order valence-corrected chi connectivity index (χ0v) is 18.5. The predicted molar refractivity (Wildman–Crippen MR) is 128 cm³/mol. The van der Waals surface area contributed by atoms with Crippen LogP contribution in [0.3, 0.4) is 0 Å². The lowest BCUT2D eigenvalue weighted by molar-refractivity contribution is 0.0737. The van der Waals surface area contributed by atoms with Crippen LogP contribution < -0.4 is 4.90 Å². The number of benzene rings is 3. The normalized spacial score (nSPS) is 13.9. The van der Waals surface area contributed by atoms with Gasteiger partial charge in [-0.25, -0.2) is 9.07 Å². The standard InChI is InChI=1S/C27H25FN4O/c1-20-7-5-6-10-25(20)30-15-17-31(18-16-30)27(33)26-19-24(21-11-13-22(28)14-12-21)29-32(26)23-8-3-2-4-9-23/h2-14,19H,15-18H2,1H3. The number of aromatic nitrogens is 2. The topological polar surface area (TPSA) is 41.4 Å². The van der Waals surface area contributed by atoms with Gasteiger partial charge in [0.1, 0.15) is 11.5 Å². The summed E-state index contributed by atoms with van der Waals surface area (Å²) in [6, 6.07) is 25.9. The summed E-state index contributed by atoms with van der Waals surface area (Å²) in [5.74, 6) is -0.354. The van der Waals surface area contributed by atoms with Gasteiger partial charge in [0, 0.05) is 37.4 Å². The van der Waals surface area contributed by atoms with Crippen molar-refractivity contribution in [3.8, 4) is 16.9 Å². The Morgan fingerprint density at radius 1 is 0.848 bits per heavy atom. The van der Waals surface area contributed by atoms with Gasteiger partial charge in [-0.15, -0.1) is 0 Å². The van der Waals surface area contributed by atoms with Crippen molar-refractivity contribution < 1.29 is 9.18 Å². The molecule has 0 radical (unpaired) electrons. The SMILES string of the molecule is Cc1ccccc1N1CCN(C(=O)c2cc(-c3ccc(F)cc3)nn2-c2ccccc2)CC1. The van der Waals surface area contributed by atoms with Crippen molar-refractivity contribution in [1.29, 1.82) is 0 Å². The first kappa shape index (κ1) is 20.9. The summed E-state index contributed by atoms with van der Waals surface area (Å²) in [6.07, 6.45) is 0. The summed E-state index contributed by atoms with van der Waals surface area (Å²) in [6.45, 7) is 4.95. The molecule has 0 spiro atoms. The molecule has 5 rings (SSSR count). The molecule has 0 N–H and O–H groups in total. The van der Waals surface area contributed by atoms with E-state index in [0.29, 0.717) is 24.5 Å². The second kappa shape index (κ2) is 8.90. The van der Waals surface area contributed by atoms with E-state index in [9.17, 15) is 9.18 Å². The third-order valence-electron chi connectivity index (χ3n) is 6.09. The van der Waals surface area contributed by atoms with E-state index in [1.165, 1.54) is 23.4 Å². The first-order valence-electron chi connectivity index (χ1n) is 11.1. The highest BCUT2D eigenvalue weighted by Crippen LogP contribution is 2.25. The van der Waals surface area contributed by atoms with Crippen molar-refractivity contribution in [3.05, 3.63) is 102 Å². The van der Waals surface area contributed by atoms with Gasteiger partial charge in [-0.1, -0.05) is 36.4 Å². The fraction of sp³-hybridized carbons (Fsp3) is 0.185. The summed E-state index contributed by atoms with van der Waals surface area (Å²) in [7, 11) is 0. The Kier molecular flexibility index (Phi) is 5.65. The number of anilines is 1. The van der Waals surface area contributed by atoms with Gasteiger partial charge >= 0.3 is 0 Å². The van der Waals surface area contributed by atoms with E-state index in [2.05, 4.69) is 30.0 Å². The number of carbonyl (C=O) groups is 1. The number of amides is 1. The molecular formula is C27H25FN4O. The van der Waals surface area contributed by atoms with Gasteiger partial charge in [-0.05, 0) is 61.0 Å². The van der Waals surface area contributed by atoms with E-state index < -0.39 is 0 Å². The first-order chi connectivity index (χ1) is 16.1. The molecule has 4 aromatic rings. The van der Waals surface area contributed by atoms with E-state index in [-0.39, 0.29) is 11.7 Å². The van der Waals surface area contributed by atoms with Crippen molar-refractivity contribution in [2.75, 3.05) is 31.1 Å². The van der Waals surface area contributed by atoms with Crippen molar-refractivity contribution >= 4 is 11.6 Å². The van der Waals surface area contributed by atoms with Gasteiger partial charge in [0.15, 0.2) is 0 Å². The number of piperazine rings is 1. The van der Waals surface area contributed by atoms with Crippen LogP contribution in [0.15, 0.2) is 84.9 Å². The lowest BCUT2D eigenvalue weighted by atomic mass is 10.1. The Morgan fingerprint density at radius 2 is 1.52 bits per heavy atom. The minimum absolute atomic E-state index is 0.0517. The molecule has 166 valence electrons. The average Bonchev–Trinajstić information content (AvgIpc) is 3.31. The van der Waals surface area contributed by atoms with E-state index >= 15 is 0 Å². The third-order valence-corrected chi connectivity index (χ3v) is 6.09. The molecule has 6 heteroatoms. The Bertz CT molecular complexity index is 1260. The maximum Gasteiger partial charge on any atom is 0.272 e. The molecule has 33 heavy (non-hydrogen) atoms. The maximum absolute atomic E-state index is 13.6. The van der Waals surface area contributed by atoms with E-state index in [4.69, 9.17) is 5.10 Å². The molecule has 1 amide bonds. The van der Waals surface area contributed by atoms with Crippen LogP contribution in [0.1, 0.15) is 16.1 Å². The van der Waals surface area contributed by atoms with Crippen LogP contribution in [0.4, 0.5) is 10.1 Å². The molecule has 1 aromatic heterocycles. The van der Waals surface area contributed by atoms with Crippen molar-refractivity contribution in [2.24, 2.45) is 0 Å². The Labute approximate surface area is 192 Å². The van der Waals surface area contributed by atoms with Gasteiger partial charge in [0.05, 0.1) is 11.4 Å². The molecule has 3 aromatic carbocycles. The number of rotatable bonds is 4. The van der Waals surface area contributed by atoms with E-state index in [1.54, 1.807) is 22.9 Å². The van der Waals surface area contributed by atoms with Crippen molar-refractivity contribution in [2.45, 2.75) is 6.92 Å². The summed E-state index contributed by atoms with van der Waals surface area (Å²) in [5.41, 5.74) is 5.18. The van der Waals surface area contributed by atoms with Crippen LogP contribution in [-0.2, 0) is 0 Å². The monoisotopic (exact) mass is 440 g/mol. The lowest BCUT2D eigenvalue weighted by Gasteiger charge is -2.36. The van der Waals surface area contributed by atoms with Gasteiger partial charge in [-0.2, -0.15) is 5.10 Å². The van der Waals surface area contributed by atoms with Gasteiger partial charge in [0.2, 0.25) is 0 Å². The summed E-state index contributed by atoms with van der Waals surface area (Å²) < 4.78 is 15.1. The smallest absolute Gasteiger partial charge is 0.272 e. The fourth-order valence-corrected chi connectivity index (χ4v) is 4.29. The van der Waals surface area contributed by atoms with Gasteiger partial charge in [-0.3, -0.25) is 4.79 Å². The van der Waals surface area contributed by atoms with Crippen LogP contribution in [-0.4, -0.2) is 46.8 Å². The van der Waals surface area contributed by atoms with Crippen LogP contribution in [0.2, 0.25) is 0 Å². The molecule has 2 heterocycles. The molecule has 1 aliphatic heterocycles. The molecule has 0 aliphatic carbocycles. The van der Waals surface area contributed by atoms with Crippen LogP contribution in [0, 0.1) is 12.7 Å². The molecule has 5 nitrogen and oxygen atoms in total. The van der Waals surface area contributed by atoms with Crippen LogP contribution in [0.5, 0.6) is 0 Å². The lowest BCUT2D eigenvalue weighted by Crippen LogP contribution is -2.49. The quantitative estimate of drug-likeness (QED) is 0.451. The van der Waals surface area contributed by atoms with Crippen molar-refractivity contribution in [1.82, 2.24) is 14.7 Å². The third kappa shape index (κ3) is 4.24. The number of hydrogen-bond donors (Lipinski definition) is 0. The Hall–Kier alpha value is -3.93. The number of para-hydroxylation sites is 2. The highest BCUT2D eigenvalue weighted by Gasteiger charge is 2.26. The summed E-state index contributed by atoms with van der Waals surface area (Å²) >= 11 is 0. The molecule has 0 bridgehead atoms. The Morgan fingerprint density at radius 3 is 2.21 bits per heavy atom. The number of carbonyl (C=O) groups excluding carboxylic acids is 1. The number of halogens is 1. The van der Waals surface area contributed by atoms with E-state index in [1.807, 2.05) is 41.3 Å². The molecule has 0 unspecified atom stereocenters. The van der Waals surface area contributed by atoms with Gasteiger partial charge in [0.25, 0.3) is 5.91 Å². The fourth-order valence-electron chi connectivity index (χ4n) is 4.29. The minimum atomic E-state index is -0.302. The summed E-state index contributed by atoms with van der Waals surface area (Å²) in [4.78, 5) is 17.8. The molecule has 1 aliphatic rings. The zero-order valence-electron chi connectivity index (χ0n) is 18.5. The number of nitrogens with zero attached hydrogens (tertiary/aromatic N) is 4. The molecule has 1 fully saturated rings. The molecular weight excluding hydrogens is 415 g/mol. The second-order valence-electron chi connectivity index (χ2n) is 8.23. The molecule has 0 saturated carbocycles. The van der Waals surface area contributed by atoms with Crippen molar-refractivity contribution in [3.63, 3.8) is 0 Å². The highest BCUT2D eigenvalue weighted by molar-refractivity contribution is 5.94. The summed E-state index contributed by atoms with van der Waals surface area (Å²) in [5, 5.41) is 4.71. The maximum atomic E-state index is 13.6. The average molecular weight is 441 g/mol. The largest absolute Gasteiger partial charge is 0.368 e. The van der Waals surface area contributed by atoms with Crippen LogP contribution in [0.25, 0.3) is 16.9 Å². The zero-order chi connectivity index (χ0) is 22.8. The Balaban J connectivity index is 1.42. The molecule has 0 atom stereocenters. The van der Waals surface area contributed by atoms with E-state index in [0.717, 1.165) is 24.3 Å².